The van der Waals surface area contributed by atoms with E-state index in [-0.39, 0.29) is 29.8 Å². The number of rotatable bonds is 4. The lowest BCUT2D eigenvalue weighted by molar-refractivity contribution is -0.127. The predicted molar refractivity (Wildman–Crippen MR) is 104 cm³/mol. The molecule has 1 N–H and O–H groups in total. The van der Waals surface area contributed by atoms with E-state index in [0.29, 0.717) is 6.54 Å². The van der Waals surface area contributed by atoms with Gasteiger partial charge in [0.05, 0.1) is 6.54 Å². The fraction of sp³-hybridized carbons (Fsp3) is 0.619. The fourth-order valence-electron chi connectivity index (χ4n) is 4.09. The molecule has 0 spiro atoms. The van der Waals surface area contributed by atoms with Gasteiger partial charge in [-0.25, -0.2) is 0 Å². The number of piperidine rings is 1. The number of amides is 2. The molecule has 1 aromatic carbocycles. The van der Waals surface area contributed by atoms with Crippen molar-refractivity contribution in [3.8, 4) is 0 Å². The number of nitrogens with zero attached hydrogens (tertiary/aromatic N) is 2. The van der Waals surface area contributed by atoms with Gasteiger partial charge in [-0.05, 0) is 71.2 Å². The van der Waals surface area contributed by atoms with Crippen molar-refractivity contribution in [2.75, 3.05) is 24.5 Å². The van der Waals surface area contributed by atoms with Crippen LogP contribution in [0.5, 0.6) is 0 Å². The van der Waals surface area contributed by atoms with E-state index in [2.05, 4.69) is 29.3 Å². The first-order valence-corrected chi connectivity index (χ1v) is 9.88. The smallest absolute Gasteiger partial charge is 0.241 e. The molecule has 2 amide bonds. The van der Waals surface area contributed by atoms with Gasteiger partial charge < -0.3 is 10.2 Å². The third-order valence-corrected chi connectivity index (χ3v) is 5.54. The van der Waals surface area contributed by atoms with Crippen molar-refractivity contribution in [3.63, 3.8) is 0 Å². The van der Waals surface area contributed by atoms with Gasteiger partial charge in [0.25, 0.3) is 0 Å². The summed E-state index contributed by atoms with van der Waals surface area (Å²) in [5, 5.41) is 3.00. The first kappa shape index (κ1) is 18.9. The Balaban J connectivity index is 1.57. The highest BCUT2D eigenvalue weighted by Crippen LogP contribution is 2.30. The molecule has 1 saturated heterocycles. The number of carbonyl (C=O) groups is 2. The molecule has 3 rings (SSSR count). The lowest BCUT2D eigenvalue weighted by Crippen LogP contribution is -2.49. The van der Waals surface area contributed by atoms with E-state index in [1.807, 2.05) is 30.9 Å². The molecule has 1 aromatic rings. The van der Waals surface area contributed by atoms with Crippen molar-refractivity contribution >= 4 is 17.5 Å². The van der Waals surface area contributed by atoms with Crippen LogP contribution in [-0.2, 0) is 16.0 Å². The standard InChI is InChI=1S/C21H31N3O2/c1-15(2)22-21(26)18-10-12-23(13-11-18)14-20(25)24-16(3)8-9-17-6-4-5-7-19(17)24/h4-7,15-16,18H,8-14H2,1-3H3,(H,22,26). The van der Waals surface area contributed by atoms with E-state index in [9.17, 15) is 9.59 Å². The largest absolute Gasteiger partial charge is 0.354 e. The molecule has 1 unspecified atom stereocenters. The molecule has 5 nitrogen and oxygen atoms in total. The minimum atomic E-state index is 0.0818. The number of fused-ring (bicyclic) bond motifs is 1. The number of para-hydroxylation sites is 1. The Morgan fingerprint density at radius 2 is 1.85 bits per heavy atom. The Kier molecular flexibility index (Phi) is 5.97. The minimum Gasteiger partial charge on any atom is -0.354 e. The molecule has 2 heterocycles. The van der Waals surface area contributed by atoms with Crippen LogP contribution in [0, 0.1) is 5.92 Å². The van der Waals surface area contributed by atoms with Crippen molar-refractivity contribution in [1.82, 2.24) is 10.2 Å². The van der Waals surface area contributed by atoms with E-state index in [1.54, 1.807) is 0 Å². The zero-order valence-electron chi connectivity index (χ0n) is 16.2. The van der Waals surface area contributed by atoms with Crippen molar-refractivity contribution in [3.05, 3.63) is 29.8 Å². The second-order valence-electron chi connectivity index (χ2n) is 7.99. The van der Waals surface area contributed by atoms with Crippen molar-refractivity contribution in [2.45, 2.75) is 58.5 Å². The van der Waals surface area contributed by atoms with Gasteiger partial charge in [-0.3, -0.25) is 14.5 Å². The van der Waals surface area contributed by atoms with Crippen LogP contribution in [0.1, 0.15) is 45.6 Å². The minimum absolute atomic E-state index is 0.0818. The number of aryl methyl sites for hydroxylation is 1. The van der Waals surface area contributed by atoms with Gasteiger partial charge in [-0.15, -0.1) is 0 Å². The van der Waals surface area contributed by atoms with Crippen LogP contribution in [0.15, 0.2) is 24.3 Å². The van der Waals surface area contributed by atoms with Gasteiger partial charge in [0, 0.05) is 23.7 Å². The van der Waals surface area contributed by atoms with Crippen molar-refractivity contribution in [2.24, 2.45) is 5.92 Å². The molecular formula is C21H31N3O2. The van der Waals surface area contributed by atoms with Gasteiger partial charge in [0.2, 0.25) is 11.8 Å². The summed E-state index contributed by atoms with van der Waals surface area (Å²) in [7, 11) is 0. The number of anilines is 1. The summed E-state index contributed by atoms with van der Waals surface area (Å²) in [5.41, 5.74) is 2.34. The van der Waals surface area contributed by atoms with E-state index < -0.39 is 0 Å². The zero-order chi connectivity index (χ0) is 18.7. The summed E-state index contributed by atoms with van der Waals surface area (Å²) in [5.74, 6) is 0.415. The highest BCUT2D eigenvalue weighted by atomic mass is 16.2. The fourth-order valence-corrected chi connectivity index (χ4v) is 4.09. The lowest BCUT2D eigenvalue weighted by atomic mass is 9.95. The monoisotopic (exact) mass is 357 g/mol. The Hall–Kier alpha value is -1.88. The normalized spacial score (nSPS) is 21.5. The van der Waals surface area contributed by atoms with Gasteiger partial charge in [0.15, 0.2) is 0 Å². The predicted octanol–water partition coefficient (Wildman–Crippen LogP) is 2.59. The topological polar surface area (TPSA) is 52.7 Å². The molecule has 2 aliphatic rings. The second kappa shape index (κ2) is 8.21. The van der Waals surface area contributed by atoms with Gasteiger partial charge in [0.1, 0.15) is 0 Å². The Morgan fingerprint density at radius 1 is 1.15 bits per heavy atom. The van der Waals surface area contributed by atoms with Gasteiger partial charge in [-0.1, -0.05) is 18.2 Å². The van der Waals surface area contributed by atoms with E-state index in [1.165, 1.54) is 5.56 Å². The molecule has 26 heavy (non-hydrogen) atoms. The number of nitrogens with one attached hydrogen (secondary N) is 1. The van der Waals surface area contributed by atoms with Gasteiger partial charge >= 0.3 is 0 Å². The first-order chi connectivity index (χ1) is 12.5. The molecule has 5 heteroatoms. The summed E-state index contributed by atoms with van der Waals surface area (Å²) in [6, 6.07) is 8.67. The van der Waals surface area contributed by atoms with Crippen LogP contribution < -0.4 is 10.2 Å². The van der Waals surface area contributed by atoms with Gasteiger partial charge in [-0.2, -0.15) is 0 Å². The lowest BCUT2D eigenvalue weighted by Gasteiger charge is -2.38. The molecule has 0 radical (unpaired) electrons. The maximum atomic E-state index is 13.0. The number of benzene rings is 1. The van der Waals surface area contributed by atoms with Crippen molar-refractivity contribution < 1.29 is 9.59 Å². The van der Waals surface area contributed by atoms with Crippen LogP contribution in [-0.4, -0.2) is 48.4 Å². The Morgan fingerprint density at radius 3 is 2.54 bits per heavy atom. The quantitative estimate of drug-likeness (QED) is 0.901. The SMILES string of the molecule is CC(C)NC(=O)C1CCN(CC(=O)N2c3ccccc3CCC2C)CC1. The summed E-state index contributed by atoms with van der Waals surface area (Å²) in [6.07, 6.45) is 3.72. The summed E-state index contributed by atoms with van der Waals surface area (Å²) >= 11 is 0. The highest BCUT2D eigenvalue weighted by Gasteiger charge is 2.31. The van der Waals surface area contributed by atoms with E-state index >= 15 is 0 Å². The highest BCUT2D eigenvalue weighted by molar-refractivity contribution is 5.96. The maximum absolute atomic E-state index is 13.0. The molecule has 0 aromatic heterocycles. The van der Waals surface area contributed by atoms with Crippen molar-refractivity contribution in [1.29, 1.82) is 0 Å². The summed E-state index contributed by atoms with van der Waals surface area (Å²) in [4.78, 5) is 29.3. The number of hydrogen-bond acceptors (Lipinski definition) is 3. The number of hydrogen-bond donors (Lipinski definition) is 1. The molecule has 142 valence electrons. The van der Waals surface area contributed by atoms with Crippen LogP contribution in [0.3, 0.4) is 0 Å². The van der Waals surface area contributed by atoms with Crippen LogP contribution in [0.4, 0.5) is 5.69 Å². The molecule has 1 atom stereocenters. The van der Waals surface area contributed by atoms with Crippen LogP contribution >= 0.6 is 0 Å². The molecule has 0 aliphatic carbocycles. The third-order valence-electron chi connectivity index (χ3n) is 5.54. The second-order valence-corrected chi connectivity index (χ2v) is 7.99. The van der Waals surface area contributed by atoms with Crippen LogP contribution in [0.2, 0.25) is 0 Å². The molecular weight excluding hydrogens is 326 g/mol. The number of likely N-dealkylation sites (tertiary alicyclic amines) is 1. The third kappa shape index (κ3) is 4.26. The average molecular weight is 357 g/mol. The number of carbonyl (C=O) groups excluding carboxylic acids is 2. The van der Waals surface area contributed by atoms with E-state index in [4.69, 9.17) is 0 Å². The summed E-state index contributed by atoms with van der Waals surface area (Å²) in [6.45, 7) is 8.18. The Labute approximate surface area is 156 Å². The molecule has 0 bridgehead atoms. The van der Waals surface area contributed by atoms with E-state index in [0.717, 1.165) is 44.5 Å². The zero-order valence-corrected chi connectivity index (χ0v) is 16.2. The maximum Gasteiger partial charge on any atom is 0.241 e. The molecule has 0 saturated carbocycles. The molecule has 2 aliphatic heterocycles. The van der Waals surface area contributed by atoms with Crippen LogP contribution in [0.25, 0.3) is 0 Å². The first-order valence-electron chi connectivity index (χ1n) is 9.88. The average Bonchev–Trinajstić information content (AvgIpc) is 2.61. The Bertz CT molecular complexity index is 650. The molecule has 1 fully saturated rings. The summed E-state index contributed by atoms with van der Waals surface area (Å²) < 4.78 is 0.